The zero-order valence-corrected chi connectivity index (χ0v) is 13.5. The molecule has 0 N–H and O–H groups in total. The predicted octanol–water partition coefficient (Wildman–Crippen LogP) is 5.85. The van der Waals surface area contributed by atoms with E-state index in [-0.39, 0.29) is 0 Å². The molecule has 0 fully saturated rings. The Morgan fingerprint density at radius 1 is 0.684 bits per heavy atom. The second kappa shape index (κ2) is 6.21. The van der Waals surface area contributed by atoms with E-state index in [4.69, 9.17) is 0 Å². The molecule has 96 valence electrons. The minimum absolute atomic E-state index is 1.19. The van der Waals surface area contributed by atoms with Gasteiger partial charge < -0.3 is 0 Å². The van der Waals surface area contributed by atoms with E-state index in [2.05, 4.69) is 70.5 Å². The second-order valence-corrected chi connectivity index (χ2v) is 7.77. The molecule has 0 saturated carbocycles. The van der Waals surface area contributed by atoms with Gasteiger partial charge in [-0.2, -0.15) is 0 Å². The smallest absolute Gasteiger partial charge is 0.0645 e. The second-order valence-electron chi connectivity index (χ2n) is 4.24. The van der Waals surface area contributed by atoms with Crippen molar-refractivity contribution in [2.75, 3.05) is 11.5 Å². The van der Waals surface area contributed by atoms with Gasteiger partial charge in [0.2, 0.25) is 0 Å². The topological polar surface area (TPSA) is 0 Å². The molecule has 0 aliphatic carbocycles. The van der Waals surface area contributed by atoms with Crippen LogP contribution in [-0.2, 0) is 0 Å². The van der Waals surface area contributed by atoms with Crippen LogP contribution in [0.15, 0.2) is 58.4 Å². The zero-order valence-electron chi connectivity index (χ0n) is 10.3. The minimum Gasteiger partial charge on any atom is -0.123 e. The molecule has 0 atom stereocenters. The summed E-state index contributed by atoms with van der Waals surface area (Å²) >= 11 is 7.51. The number of hydrogen-bond donors (Lipinski definition) is 0. The van der Waals surface area contributed by atoms with Crippen molar-refractivity contribution in [2.45, 2.75) is 0 Å². The predicted molar refractivity (Wildman–Crippen MR) is 92.6 cm³/mol. The van der Waals surface area contributed by atoms with Gasteiger partial charge in [-0.25, -0.2) is 0 Å². The van der Waals surface area contributed by atoms with Crippen LogP contribution in [0.2, 0.25) is 0 Å². The van der Waals surface area contributed by atoms with Gasteiger partial charge in [-0.15, -0.1) is 23.5 Å². The first-order chi connectivity index (χ1) is 9.34. The molecule has 1 aliphatic rings. The van der Waals surface area contributed by atoms with E-state index in [0.717, 1.165) is 0 Å². The molecule has 0 aromatic heterocycles. The first-order valence-electron chi connectivity index (χ1n) is 6.16. The van der Waals surface area contributed by atoms with Gasteiger partial charge in [0, 0.05) is 16.4 Å². The highest BCUT2D eigenvalue weighted by Crippen LogP contribution is 2.43. The van der Waals surface area contributed by atoms with Crippen molar-refractivity contribution < 1.29 is 0 Å². The quantitative estimate of drug-likeness (QED) is 0.666. The van der Waals surface area contributed by atoms with Crippen molar-refractivity contribution in [1.29, 1.82) is 0 Å². The average Bonchev–Trinajstić information content (AvgIpc) is 2.49. The third kappa shape index (κ3) is 3.10. The molecule has 2 aromatic carbocycles. The van der Waals surface area contributed by atoms with E-state index in [9.17, 15) is 0 Å². The lowest BCUT2D eigenvalue weighted by molar-refractivity contribution is 1.55. The van der Waals surface area contributed by atoms with Crippen molar-refractivity contribution in [3.63, 3.8) is 0 Å². The lowest BCUT2D eigenvalue weighted by Gasteiger charge is -2.15. The van der Waals surface area contributed by atoms with Gasteiger partial charge >= 0.3 is 0 Å². The average molecular weight is 349 g/mol. The molecule has 1 aliphatic heterocycles. The Kier molecular flexibility index (Phi) is 4.36. The molecule has 0 nitrogen and oxygen atoms in total. The minimum atomic E-state index is 1.19. The molecule has 3 heteroatoms. The van der Waals surface area contributed by atoms with Crippen LogP contribution in [0.3, 0.4) is 0 Å². The summed E-state index contributed by atoms with van der Waals surface area (Å²) in [5, 5.41) is 0. The molecule has 19 heavy (non-hydrogen) atoms. The van der Waals surface area contributed by atoms with Crippen LogP contribution in [0, 0.1) is 0 Å². The highest BCUT2D eigenvalue weighted by molar-refractivity contribution is 9.14. The van der Waals surface area contributed by atoms with Gasteiger partial charge in [0.05, 0.1) is 3.81 Å². The highest BCUT2D eigenvalue weighted by atomic mass is 79.9. The lowest BCUT2D eigenvalue weighted by atomic mass is 10.0. The molecule has 0 unspecified atom stereocenters. The number of halogens is 1. The van der Waals surface area contributed by atoms with Crippen LogP contribution >= 0.6 is 39.5 Å². The summed E-state index contributed by atoms with van der Waals surface area (Å²) in [5.41, 5.74) is 3.85. The van der Waals surface area contributed by atoms with Crippen LogP contribution < -0.4 is 0 Å². The van der Waals surface area contributed by atoms with E-state index in [0.29, 0.717) is 0 Å². The number of hydrogen-bond acceptors (Lipinski definition) is 2. The summed E-state index contributed by atoms with van der Waals surface area (Å²) in [6.45, 7) is 0. The van der Waals surface area contributed by atoms with Crippen molar-refractivity contribution in [3.05, 3.63) is 64.0 Å². The molecule has 1 heterocycles. The fourth-order valence-corrected chi connectivity index (χ4v) is 5.17. The Hall–Kier alpha value is -0.640. The molecule has 0 saturated heterocycles. The van der Waals surface area contributed by atoms with Gasteiger partial charge in [0.1, 0.15) is 0 Å². The lowest BCUT2D eigenvalue weighted by Crippen LogP contribution is -1.93. The maximum Gasteiger partial charge on any atom is 0.0645 e. The summed E-state index contributed by atoms with van der Waals surface area (Å²) in [4.78, 5) is 1.37. The molecular weight excluding hydrogens is 336 g/mol. The van der Waals surface area contributed by atoms with E-state index < -0.39 is 0 Å². The van der Waals surface area contributed by atoms with Crippen molar-refractivity contribution >= 4 is 44.4 Å². The third-order valence-corrected chi connectivity index (χ3v) is 6.73. The van der Waals surface area contributed by atoms with Crippen molar-refractivity contribution in [3.8, 4) is 11.1 Å². The Labute approximate surface area is 130 Å². The van der Waals surface area contributed by atoms with Gasteiger partial charge in [0.15, 0.2) is 0 Å². The first-order valence-corrected chi connectivity index (χ1v) is 8.92. The highest BCUT2D eigenvalue weighted by Gasteiger charge is 2.13. The molecule has 3 rings (SSSR count). The normalized spacial score (nSPS) is 15.6. The standard InChI is InChI=1S/C16H13BrS2/c17-16-15(18-10-11-19-16)14-8-6-13(7-9-14)12-4-2-1-3-5-12/h1-9H,10-11H2. The molecule has 0 amide bonds. The van der Waals surface area contributed by atoms with Crippen LogP contribution in [0.5, 0.6) is 0 Å². The Bertz CT molecular complexity index is 588. The summed E-state index contributed by atoms with van der Waals surface area (Å²) in [6.07, 6.45) is 0. The van der Waals surface area contributed by atoms with E-state index in [1.165, 1.54) is 36.9 Å². The first kappa shape index (κ1) is 13.3. The van der Waals surface area contributed by atoms with E-state index in [1.807, 2.05) is 23.5 Å². The molecule has 2 aromatic rings. The van der Waals surface area contributed by atoms with Crippen LogP contribution in [0.4, 0.5) is 0 Å². The third-order valence-electron chi connectivity index (χ3n) is 2.99. The van der Waals surface area contributed by atoms with E-state index in [1.54, 1.807) is 0 Å². The number of rotatable bonds is 2. The van der Waals surface area contributed by atoms with Gasteiger partial charge in [-0.05, 0) is 32.6 Å². The fourth-order valence-electron chi connectivity index (χ4n) is 2.04. The van der Waals surface area contributed by atoms with Gasteiger partial charge in [-0.3, -0.25) is 0 Å². The number of benzene rings is 2. The van der Waals surface area contributed by atoms with Gasteiger partial charge in [-0.1, -0.05) is 54.6 Å². The SMILES string of the molecule is BrC1=C(c2ccc(-c3ccccc3)cc2)SCCS1. The Balaban J connectivity index is 1.91. The molecular formula is C16H13BrS2. The van der Waals surface area contributed by atoms with Crippen molar-refractivity contribution in [2.24, 2.45) is 0 Å². The van der Waals surface area contributed by atoms with Crippen LogP contribution in [-0.4, -0.2) is 11.5 Å². The van der Waals surface area contributed by atoms with Crippen LogP contribution in [0.1, 0.15) is 5.56 Å². The Morgan fingerprint density at radius 3 is 1.95 bits per heavy atom. The summed E-state index contributed by atoms with van der Waals surface area (Å²) < 4.78 is 1.27. The fraction of sp³-hybridized carbons (Fsp3) is 0.125. The largest absolute Gasteiger partial charge is 0.123 e. The maximum absolute atomic E-state index is 3.68. The number of thioether (sulfide) groups is 2. The summed E-state index contributed by atoms with van der Waals surface area (Å²) in [7, 11) is 0. The molecule has 0 bridgehead atoms. The van der Waals surface area contributed by atoms with E-state index >= 15 is 0 Å². The monoisotopic (exact) mass is 348 g/mol. The zero-order chi connectivity index (χ0) is 13.1. The van der Waals surface area contributed by atoms with Gasteiger partial charge in [0.25, 0.3) is 0 Å². The molecule has 0 radical (unpaired) electrons. The Morgan fingerprint density at radius 2 is 1.26 bits per heavy atom. The van der Waals surface area contributed by atoms with Crippen molar-refractivity contribution in [1.82, 2.24) is 0 Å². The maximum atomic E-state index is 3.68. The molecule has 0 spiro atoms. The summed E-state index contributed by atoms with van der Waals surface area (Å²) in [6, 6.07) is 19.4. The van der Waals surface area contributed by atoms with Crippen LogP contribution in [0.25, 0.3) is 16.0 Å². The summed E-state index contributed by atoms with van der Waals surface area (Å²) in [5.74, 6) is 2.38.